The number of allylic oxidation sites excluding steroid dienone is 1. The van der Waals surface area contributed by atoms with Gasteiger partial charge in [-0.05, 0) is 6.07 Å². The minimum atomic E-state index is -0.921. The van der Waals surface area contributed by atoms with Crippen LogP contribution < -0.4 is 5.32 Å². The Morgan fingerprint density at radius 3 is 2.33 bits per heavy atom. The smallest absolute Gasteiger partial charge is 0.161 e. The molecule has 0 aliphatic carbocycles. The zero-order valence-corrected chi connectivity index (χ0v) is 10.1. The third kappa shape index (κ3) is 2.70. The monoisotopic (exact) mass is 280 g/mol. The number of anilines is 1. The highest BCUT2D eigenvalue weighted by Gasteiger charge is 2.16. The lowest BCUT2D eigenvalue weighted by molar-refractivity contribution is 0.625. The molecular formula is C11H3Cl2FN4. The summed E-state index contributed by atoms with van der Waals surface area (Å²) in [6.07, 6.45) is 1.02. The van der Waals surface area contributed by atoms with Gasteiger partial charge in [-0.1, -0.05) is 23.2 Å². The lowest BCUT2D eigenvalue weighted by atomic mass is 10.2. The molecule has 0 heterocycles. The van der Waals surface area contributed by atoms with E-state index in [1.807, 2.05) is 0 Å². The highest BCUT2D eigenvalue weighted by Crippen LogP contribution is 2.32. The minimum Gasteiger partial charge on any atom is -0.357 e. The molecule has 0 fully saturated rings. The van der Waals surface area contributed by atoms with Crippen molar-refractivity contribution in [2.45, 2.75) is 0 Å². The Kier molecular flexibility index (Phi) is 4.52. The van der Waals surface area contributed by atoms with Crippen LogP contribution in [0.4, 0.5) is 10.1 Å². The van der Waals surface area contributed by atoms with Crippen molar-refractivity contribution in [3.05, 3.63) is 39.3 Å². The van der Waals surface area contributed by atoms with Crippen LogP contribution >= 0.6 is 23.2 Å². The summed E-state index contributed by atoms with van der Waals surface area (Å²) in [5, 5.41) is 28.0. The van der Waals surface area contributed by atoms with Crippen LogP contribution in [0.3, 0.4) is 0 Å². The number of hydrogen-bond donors (Lipinski definition) is 1. The Labute approximate surface area is 112 Å². The number of benzene rings is 1. The highest BCUT2D eigenvalue weighted by molar-refractivity contribution is 6.36. The zero-order chi connectivity index (χ0) is 13.7. The number of nitriles is 3. The van der Waals surface area contributed by atoms with E-state index in [2.05, 4.69) is 5.32 Å². The van der Waals surface area contributed by atoms with Crippen LogP contribution in [-0.2, 0) is 0 Å². The maximum Gasteiger partial charge on any atom is 0.161 e. The van der Waals surface area contributed by atoms with Crippen molar-refractivity contribution in [3.8, 4) is 18.2 Å². The van der Waals surface area contributed by atoms with Gasteiger partial charge in [-0.2, -0.15) is 15.8 Å². The van der Waals surface area contributed by atoms with E-state index in [-0.39, 0.29) is 26.9 Å². The molecule has 0 atom stereocenters. The van der Waals surface area contributed by atoms with E-state index in [0.717, 1.165) is 12.3 Å². The molecule has 1 aromatic carbocycles. The van der Waals surface area contributed by atoms with Gasteiger partial charge in [0.1, 0.15) is 29.3 Å². The standard InChI is InChI=1S/C11H3Cl2FN4/c12-8-1-9(13)11(7(4-17)10(8)14)18-5-6(2-15)3-16/h1,5,18H. The first-order valence-electron chi connectivity index (χ1n) is 4.39. The van der Waals surface area contributed by atoms with Gasteiger partial charge in [0.2, 0.25) is 0 Å². The van der Waals surface area contributed by atoms with E-state index < -0.39 is 5.82 Å². The third-order valence-electron chi connectivity index (χ3n) is 1.88. The van der Waals surface area contributed by atoms with Crippen LogP contribution in [0.25, 0.3) is 0 Å². The average molecular weight is 281 g/mol. The Hall–Kier alpha value is -2.26. The Balaban J connectivity index is 3.32. The molecule has 0 bridgehead atoms. The van der Waals surface area contributed by atoms with E-state index in [1.165, 1.54) is 0 Å². The predicted octanol–water partition coefficient (Wildman–Crippen LogP) is 3.35. The van der Waals surface area contributed by atoms with Gasteiger partial charge in [-0.15, -0.1) is 0 Å². The Morgan fingerprint density at radius 2 is 1.83 bits per heavy atom. The van der Waals surface area contributed by atoms with Gasteiger partial charge in [0.15, 0.2) is 5.82 Å². The summed E-state index contributed by atoms with van der Waals surface area (Å²) in [7, 11) is 0. The first-order valence-corrected chi connectivity index (χ1v) is 5.15. The first-order chi connectivity index (χ1) is 8.54. The van der Waals surface area contributed by atoms with E-state index in [9.17, 15) is 4.39 Å². The average Bonchev–Trinajstić information content (AvgIpc) is 2.36. The largest absolute Gasteiger partial charge is 0.357 e. The van der Waals surface area contributed by atoms with E-state index in [4.69, 9.17) is 39.0 Å². The van der Waals surface area contributed by atoms with E-state index >= 15 is 0 Å². The van der Waals surface area contributed by atoms with E-state index in [0.29, 0.717) is 0 Å². The fraction of sp³-hybridized carbons (Fsp3) is 0. The highest BCUT2D eigenvalue weighted by atomic mass is 35.5. The number of halogens is 3. The molecule has 88 valence electrons. The SMILES string of the molecule is N#CC(C#N)=CNc1c(Cl)cc(Cl)c(F)c1C#N. The maximum absolute atomic E-state index is 13.5. The van der Waals surface area contributed by atoms with Crippen molar-refractivity contribution >= 4 is 28.9 Å². The molecule has 0 saturated carbocycles. The van der Waals surface area contributed by atoms with Gasteiger partial charge in [0.05, 0.1) is 15.7 Å². The second kappa shape index (κ2) is 5.89. The van der Waals surface area contributed by atoms with Gasteiger partial charge >= 0.3 is 0 Å². The Morgan fingerprint density at radius 1 is 1.22 bits per heavy atom. The summed E-state index contributed by atoms with van der Waals surface area (Å²) in [6.45, 7) is 0. The molecule has 0 unspecified atom stereocenters. The van der Waals surface area contributed by atoms with Gasteiger partial charge in [0.25, 0.3) is 0 Å². The molecule has 0 spiro atoms. The minimum absolute atomic E-state index is 0.00410. The van der Waals surface area contributed by atoms with Crippen LogP contribution in [0.1, 0.15) is 5.56 Å². The fourth-order valence-corrected chi connectivity index (χ4v) is 1.59. The van der Waals surface area contributed by atoms with Crippen molar-refractivity contribution < 1.29 is 4.39 Å². The van der Waals surface area contributed by atoms with Gasteiger partial charge in [0, 0.05) is 6.20 Å². The lowest BCUT2D eigenvalue weighted by Gasteiger charge is -2.08. The molecule has 0 aliphatic heterocycles. The molecule has 0 radical (unpaired) electrons. The van der Waals surface area contributed by atoms with Crippen molar-refractivity contribution in [2.24, 2.45) is 0 Å². The number of nitrogens with zero attached hydrogens (tertiary/aromatic N) is 3. The molecule has 1 aromatic rings. The van der Waals surface area contributed by atoms with Crippen LogP contribution in [0.2, 0.25) is 10.0 Å². The molecule has 1 N–H and O–H groups in total. The summed E-state index contributed by atoms with van der Waals surface area (Å²) >= 11 is 11.3. The Bertz CT molecular complexity index is 631. The van der Waals surface area contributed by atoms with Crippen LogP contribution in [-0.4, -0.2) is 0 Å². The molecule has 0 aromatic heterocycles. The summed E-state index contributed by atoms with van der Waals surface area (Å²) < 4.78 is 13.5. The predicted molar refractivity (Wildman–Crippen MR) is 64.1 cm³/mol. The summed E-state index contributed by atoms with van der Waals surface area (Å²) in [6, 6.07) is 5.92. The maximum atomic E-state index is 13.5. The second-order valence-corrected chi connectivity index (χ2v) is 3.76. The van der Waals surface area contributed by atoms with E-state index in [1.54, 1.807) is 18.2 Å². The molecule has 1 rings (SSSR count). The van der Waals surface area contributed by atoms with Crippen molar-refractivity contribution in [1.82, 2.24) is 0 Å². The first kappa shape index (κ1) is 13.8. The normalized spacial score (nSPS) is 8.67. The molecule has 0 saturated heterocycles. The lowest BCUT2D eigenvalue weighted by Crippen LogP contribution is -1.98. The van der Waals surface area contributed by atoms with Crippen molar-refractivity contribution in [1.29, 1.82) is 15.8 Å². The van der Waals surface area contributed by atoms with Crippen LogP contribution in [0, 0.1) is 39.8 Å². The van der Waals surface area contributed by atoms with Gasteiger partial charge in [-0.3, -0.25) is 0 Å². The van der Waals surface area contributed by atoms with Crippen LogP contribution in [0.15, 0.2) is 17.8 Å². The topological polar surface area (TPSA) is 83.4 Å². The molecule has 0 aliphatic rings. The second-order valence-electron chi connectivity index (χ2n) is 2.94. The zero-order valence-electron chi connectivity index (χ0n) is 8.63. The summed E-state index contributed by atoms with van der Waals surface area (Å²) in [5.41, 5.74) is -0.687. The fourth-order valence-electron chi connectivity index (χ4n) is 1.08. The third-order valence-corrected chi connectivity index (χ3v) is 2.46. The van der Waals surface area contributed by atoms with Crippen molar-refractivity contribution in [2.75, 3.05) is 5.32 Å². The van der Waals surface area contributed by atoms with Crippen molar-refractivity contribution in [3.63, 3.8) is 0 Å². The molecule has 7 heteroatoms. The molecular weight excluding hydrogens is 278 g/mol. The number of nitrogens with one attached hydrogen (secondary N) is 1. The van der Waals surface area contributed by atoms with Crippen LogP contribution in [0.5, 0.6) is 0 Å². The number of hydrogen-bond acceptors (Lipinski definition) is 4. The van der Waals surface area contributed by atoms with Gasteiger partial charge in [-0.25, -0.2) is 4.39 Å². The van der Waals surface area contributed by atoms with Gasteiger partial charge < -0.3 is 5.32 Å². The summed E-state index contributed by atoms with van der Waals surface area (Å²) in [5.74, 6) is -0.921. The molecule has 18 heavy (non-hydrogen) atoms. The number of rotatable bonds is 2. The quantitative estimate of drug-likeness (QED) is 0.665. The molecule has 0 amide bonds. The molecule has 4 nitrogen and oxygen atoms in total. The summed E-state index contributed by atoms with van der Waals surface area (Å²) in [4.78, 5) is 0.